The van der Waals surface area contributed by atoms with Crippen molar-refractivity contribution >= 4 is 17.0 Å². The molecule has 0 amide bonds. The van der Waals surface area contributed by atoms with E-state index in [1.54, 1.807) is 24.5 Å². The van der Waals surface area contributed by atoms with Crippen molar-refractivity contribution in [3.63, 3.8) is 0 Å². The number of rotatable bonds is 1. The molecule has 2 heterocycles. The van der Waals surface area contributed by atoms with E-state index in [0.29, 0.717) is 11.2 Å². The molecule has 0 spiro atoms. The molecule has 0 radical (unpaired) electrons. The third-order valence-electron chi connectivity index (χ3n) is 1.87. The van der Waals surface area contributed by atoms with Crippen LogP contribution in [0.3, 0.4) is 0 Å². The summed E-state index contributed by atoms with van der Waals surface area (Å²) in [5.41, 5.74) is 1.23. The smallest absolute Gasteiger partial charge is 0.338 e. The molecule has 2 aromatic rings. The van der Waals surface area contributed by atoms with E-state index in [0.717, 1.165) is 12.5 Å². The van der Waals surface area contributed by atoms with E-state index in [1.807, 2.05) is 0 Å². The summed E-state index contributed by atoms with van der Waals surface area (Å²) in [5, 5.41) is 7.79. The molecule has 0 atom stereocenters. The number of esters is 1. The highest BCUT2D eigenvalue weighted by molar-refractivity contribution is 6.02. The fraction of sp³-hybridized carbons (Fsp3) is 0.200. The average molecular weight is 208 g/mol. The van der Waals surface area contributed by atoms with E-state index in [1.165, 1.54) is 7.11 Å². The van der Waals surface area contributed by atoms with Crippen LogP contribution in [0, 0.1) is 0 Å². The highest BCUT2D eigenvalue weighted by Crippen LogP contribution is 2.15. The highest BCUT2D eigenvalue weighted by atomic mass is 16.5. The Labute approximate surface area is 86.7 Å². The number of pyridine rings is 1. The van der Waals surface area contributed by atoms with Gasteiger partial charge in [-0.1, -0.05) is 0 Å². The fourth-order valence-electron chi connectivity index (χ4n) is 1.25. The van der Waals surface area contributed by atoms with Crippen LogP contribution in [0.15, 0.2) is 24.5 Å². The highest BCUT2D eigenvalue weighted by Gasteiger charge is 2.10. The molecule has 0 saturated heterocycles. The minimum absolute atomic E-state index is 0.341. The number of H-pyrrole nitrogens is 1. The van der Waals surface area contributed by atoms with Gasteiger partial charge in [0.05, 0.1) is 12.7 Å². The molecule has 0 fully saturated rings. The summed E-state index contributed by atoms with van der Waals surface area (Å²) in [6.45, 7) is 0. The van der Waals surface area contributed by atoms with Crippen LogP contribution in [0.5, 0.6) is 0 Å². The Balaban J connectivity index is 0.000000531. The lowest BCUT2D eigenvalue weighted by molar-refractivity contribution is 0.0603. The second-order valence-electron chi connectivity index (χ2n) is 2.59. The number of hydrogen-bond donors (Lipinski definition) is 2. The third-order valence-corrected chi connectivity index (χ3v) is 1.87. The first-order chi connectivity index (χ1) is 7.33. The van der Waals surface area contributed by atoms with E-state index in [2.05, 4.69) is 14.7 Å². The first-order valence-electron chi connectivity index (χ1n) is 4.28. The van der Waals surface area contributed by atoms with Gasteiger partial charge in [0.2, 0.25) is 0 Å². The van der Waals surface area contributed by atoms with Crippen LogP contribution in [0.4, 0.5) is 0 Å². The van der Waals surface area contributed by atoms with Gasteiger partial charge in [-0.2, -0.15) is 0 Å². The summed E-state index contributed by atoms with van der Waals surface area (Å²) in [7, 11) is 2.36. The van der Waals surface area contributed by atoms with Gasteiger partial charge in [0.25, 0.3) is 0 Å². The third kappa shape index (κ3) is 2.13. The Morgan fingerprint density at radius 3 is 2.87 bits per heavy atom. The molecular weight excluding hydrogens is 196 g/mol. The lowest BCUT2D eigenvalue weighted by atomic mass is 10.2. The minimum Gasteiger partial charge on any atom is -0.465 e. The van der Waals surface area contributed by atoms with Crippen molar-refractivity contribution in [3.05, 3.63) is 30.1 Å². The number of aliphatic hydroxyl groups excluding tert-OH is 1. The van der Waals surface area contributed by atoms with Gasteiger partial charge in [0.1, 0.15) is 5.65 Å². The van der Waals surface area contributed by atoms with Gasteiger partial charge in [0, 0.05) is 24.9 Å². The molecule has 0 bridgehead atoms. The SMILES string of the molecule is CO.COC(=O)c1ccnc2[nH]ccc12. The lowest BCUT2D eigenvalue weighted by Gasteiger charge is -1.99. The van der Waals surface area contributed by atoms with Crippen molar-refractivity contribution in [3.8, 4) is 0 Å². The van der Waals surface area contributed by atoms with Gasteiger partial charge >= 0.3 is 5.97 Å². The van der Waals surface area contributed by atoms with Crippen molar-refractivity contribution in [1.29, 1.82) is 0 Å². The van der Waals surface area contributed by atoms with E-state index >= 15 is 0 Å². The van der Waals surface area contributed by atoms with E-state index in [4.69, 9.17) is 5.11 Å². The van der Waals surface area contributed by atoms with Gasteiger partial charge in [-0.05, 0) is 12.1 Å². The molecule has 0 unspecified atom stereocenters. The van der Waals surface area contributed by atoms with Crippen LogP contribution >= 0.6 is 0 Å². The molecule has 0 aliphatic carbocycles. The lowest BCUT2D eigenvalue weighted by Crippen LogP contribution is -2.01. The van der Waals surface area contributed by atoms with Crippen molar-refractivity contribution in [1.82, 2.24) is 9.97 Å². The van der Waals surface area contributed by atoms with Crippen molar-refractivity contribution < 1.29 is 14.6 Å². The average Bonchev–Trinajstić information content (AvgIpc) is 2.78. The fourth-order valence-corrected chi connectivity index (χ4v) is 1.25. The van der Waals surface area contributed by atoms with Gasteiger partial charge in [0.15, 0.2) is 0 Å². The Bertz CT molecular complexity index is 451. The van der Waals surface area contributed by atoms with Crippen LogP contribution in [0.2, 0.25) is 0 Å². The quantitative estimate of drug-likeness (QED) is 0.684. The van der Waals surface area contributed by atoms with Gasteiger partial charge in [-0.3, -0.25) is 0 Å². The zero-order chi connectivity index (χ0) is 11.3. The number of ether oxygens (including phenoxy) is 1. The van der Waals surface area contributed by atoms with Gasteiger partial charge < -0.3 is 14.8 Å². The Hall–Kier alpha value is -1.88. The predicted octanol–water partition coefficient (Wildman–Crippen LogP) is 0.958. The first kappa shape index (κ1) is 11.2. The molecule has 0 aliphatic rings. The molecular formula is C10H12N2O3. The first-order valence-corrected chi connectivity index (χ1v) is 4.28. The van der Waals surface area contributed by atoms with E-state index in [9.17, 15) is 4.79 Å². The van der Waals surface area contributed by atoms with Crippen LogP contribution in [0.25, 0.3) is 11.0 Å². The number of aliphatic hydroxyl groups is 1. The summed E-state index contributed by atoms with van der Waals surface area (Å²) >= 11 is 0. The maximum absolute atomic E-state index is 11.3. The standard InChI is InChI=1S/C9H8N2O2.CH4O/c1-13-9(12)7-3-5-11-8-6(7)2-4-10-8;1-2/h2-5H,1H3,(H,10,11);2H,1H3. The van der Waals surface area contributed by atoms with Gasteiger partial charge in [-0.15, -0.1) is 0 Å². The zero-order valence-corrected chi connectivity index (χ0v) is 8.52. The molecule has 2 aromatic heterocycles. The Morgan fingerprint density at radius 1 is 1.47 bits per heavy atom. The van der Waals surface area contributed by atoms with Crippen LogP contribution in [-0.2, 0) is 4.74 Å². The number of carbonyl (C=O) groups excluding carboxylic acids is 1. The summed E-state index contributed by atoms with van der Waals surface area (Å²) in [4.78, 5) is 18.2. The number of fused-ring (bicyclic) bond motifs is 1. The molecule has 2 N–H and O–H groups in total. The predicted molar refractivity (Wildman–Crippen MR) is 55.6 cm³/mol. The maximum atomic E-state index is 11.3. The van der Waals surface area contributed by atoms with Crippen molar-refractivity contribution in [2.24, 2.45) is 0 Å². The number of carbonyl (C=O) groups is 1. The second kappa shape index (κ2) is 5.11. The Kier molecular flexibility index (Phi) is 3.82. The van der Waals surface area contributed by atoms with Gasteiger partial charge in [-0.25, -0.2) is 9.78 Å². The molecule has 80 valence electrons. The molecule has 2 rings (SSSR count). The van der Waals surface area contributed by atoms with E-state index in [-0.39, 0.29) is 5.97 Å². The van der Waals surface area contributed by atoms with E-state index < -0.39 is 0 Å². The van der Waals surface area contributed by atoms with Crippen LogP contribution < -0.4 is 0 Å². The summed E-state index contributed by atoms with van der Waals surface area (Å²) in [6, 6.07) is 3.44. The molecule has 5 nitrogen and oxygen atoms in total. The number of hydrogen-bond acceptors (Lipinski definition) is 4. The normalized spacial score (nSPS) is 9.27. The topological polar surface area (TPSA) is 75.2 Å². The number of aromatic amines is 1. The number of aromatic nitrogens is 2. The minimum atomic E-state index is -0.341. The maximum Gasteiger partial charge on any atom is 0.338 e. The van der Waals surface area contributed by atoms with Crippen molar-refractivity contribution in [2.75, 3.05) is 14.2 Å². The summed E-state index contributed by atoms with van der Waals surface area (Å²) in [5.74, 6) is -0.341. The second-order valence-corrected chi connectivity index (χ2v) is 2.59. The van der Waals surface area contributed by atoms with Crippen molar-refractivity contribution in [2.45, 2.75) is 0 Å². The molecule has 15 heavy (non-hydrogen) atoms. The molecule has 0 aliphatic heterocycles. The van der Waals surface area contributed by atoms with Crippen LogP contribution in [0.1, 0.15) is 10.4 Å². The number of methoxy groups -OCH3 is 1. The summed E-state index contributed by atoms with van der Waals surface area (Å²) in [6.07, 6.45) is 3.31. The molecule has 0 saturated carbocycles. The Morgan fingerprint density at radius 2 is 2.20 bits per heavy atom. The van der Waals surface area contributed by atoms with Crippen LogP contribution in [-0.4, -0.2) is 35.3 Å². The number of nitrogens with zero attached hydrogens (tertiary/aromatic N) is 1. The molecule has 0 aromatic carbocycles. The summed E-state index contributed by atoms with van der Waals surface area (Å²) < 4.78 is 4.63. The number of nitrogens with one attached hydrogen (secondary N) is 1. The largest absolute Gasteiger partial charge is 0.465 e. The zero-order valence-electron chi connectivity index (χ0n) is 8.52. The monoisotopic (exact) mass is 208 g/mol. The molecule has 5 heteroatoms.